The Morgan fingerprint density at radius 2 is 2.38 bits per heavy atom. The van der Waals surface area contributed by atoms with Crippen molar-refractivity contribution in [3.05, 3.63) is 18.2 Å². The molecular weight excluding hydrogens is 237 g/mol. The second-order valence-electron chi connectivity index (χ2n) is 3.23. The Labute approximate surface area is 105 Å². The number of carbonyl (C=O) groups is 1. The van der Waals surface area contributed by atoms with Gasteiger partial charge in [-0.25, -0.2) is 9.78 Å². The number of hydrogen-bond donors (Lipinski definition) is 2. The molecule has 16 heavy (non-hydrogen) atoms. The van der Waals surface area contributed by atoms with E-state index in [1.807, 2.05) is 25.1 Å². The molecule has 6 heteroatoms. The van der Waals surface area contributed by atoms with Crippen molar-refractivity contribution in [3.8, 4) is 0 Å². The van der Waals surface area contributed by atoms with Crippen molar-refractivity contribution in [1.82, 2.24) is 10.3 Å². The number of thiazole rings is 1. The summed E-state index contributed by atoms with van der Waals surface area (Å²) in [5.74, 6) is 0. The molecule has 0 saturated carbocycles. The van der Waals surface area contributed by atoms with Crippen molar-refractivity contribution < 1.29 is 4.79 Å². The van der Waals surface area contributed by atoms with Crippen LogP contribution in [-0.2, 0) is 0 Å². The molecule has 80 valence electrons. The van der Waals surface area contributed by atoms with Crippen molar-refractivity contribution in [2.24, 2.45) is 0 Å². The van der Waals surface area contributed by atoms with E-state index in [0.29, 0.717) is 11.7 Å². The molecule has 2 amide bonds. The molecule has 0 atom stereocenters. The maximum Gasteiger partial charge on any atom is 0.321 e. The van der Waals surface area contributed by atoms with Crippen LogP contribution in [0.1, 0.15) is 6.92 Å². The van der Waals surface area contributed by atoms with Crippen molar-refractivity contribution in [2.45, 2.75) is 6.92 Å². The van der Waals surface area contributed by atoms with Crippen LogP contribution in [0.4, 0.5) is 9.93 Å². The van der Waals surface area contributed by atoms with Crippen LogP contribution >= 0.6 is 11.3 Å². The summed E-state index contributed by atoms with van der Waals surface area (Å²) in [6.45, 7) is 2.48. The van der Waals surface area contributed by atoms with Gasteiger partial charge in [0.25, 0.3) is 0 Å². The maximum absolute atomic E-state index is 11.3. The molecule has 0 unspecified atom stereocenters. The minimum Gasteiger partial charge on any atom is -0.338 e. The third-order valence-corrected chi connectivity index (χ3v) is 3.28. The Balaban J connectivity index is 2.23. The quantitative estimate of drug-likeness (QED) is 0.784. The van der Waals surface area contributed by atoms with Gasteiger partial charge in [-0.2, -0.15) is 0 Å². The zero-order valence-corrected chi connectivity index (χ0v) is 10.8. The minimum atomic E-state index is -0.215. The van der Waals surface area contributed by atoms with Gasteiger partial charge in [0.15, 0.2) is 21.4 Å². The highest BCUT2D eigenvalue weighted by atomic mass is 32.1. The Bertz CT molecular complexity index is 526. The average molecular weight is 247 g/mol. The first kappa shape index (κ1) is 11.4. The number of amides is 2. The number of nitrogens with zero attached hydrogens (tertiary/aromatic N) is 1. The summed E-state index contributed by atoms with van der Waals surface area (Å²) in [5.41, 5.74) is 0.907. The van der Waals surface area contributed by atoms with Gasteiger partial charge in [0, 0.05) is 6.54 Å². The third-order valence-electron chi connectivity index (χ3n) is 1.97. The van der Waals surface area contributed by atoms with Crippen LogP contribution in [0.5, 0.6) is 0 Å². The Morgan fingerprint density at radius 3 is 3.12 bits per heavy atom. The summed E-state index contributed by atoms with van der Waals surface area (Å²) in [4.78, 5) is 15.6. The molecule has 2 radical (unpaired) electrons. The number of fused-ring (bicyclic) bond motifs is 1. The number of carbonyl (C=O) groups excluding carboxylic acids is 1. The highest BCUT2D eigenvalue weighted by Crippen LogP contribution is 2.24. The van der Waals surface area contributed by atoms with Gasteiger partial charge in [-0.05, 0) is 13.0 Å². The fraction of sp³-hybridized carbons (Fsp3) is 0.200. The van der Waals surface area contributed by atoms with Crippen LogP contribution < -0.4 is 15.1 Å². The summed E-state index contributed by atoms with van der Waals surface area (Å²) in [7, 11) is 0. The second-order valence-corrected chi connectivity index (χ2v) is 4.93. The van der Waals surface area contributed by atoms with Gasteiger partial charge in [-0.1, -0.05) is 23.5 Å². The standard InChI is InChI=1S/C10H10N3OS.Al/c1-2-11-9(14)13-10-12-7-5-3-4-6-8(7)15-10;/h4-6H,2H2,1H3,(H2,11,12,13,14);. The zero-order valence-electron chi connectivity index (χ0n) is 8.78. The number of rotatable bonds is 2. The van der Waals surface area contributed by atoms with E-state index in [1.54, 1.807) is 0 Å². The number of anilines is 1. The average Bonchev–Trinajstić information content (AvgIpc) is 2.59. The molecule has 1 aromatic heterocycles. The van der Waals surface area contributed by atoms with Crippen LogP contribution in [0, 0.1) is 0 Å². The SMILES string of the molecule is CCNC(=O)Nc1nc2c[c]([Al])ccc2s1. The Morgan fingerprint density at radius 1 is 1.56 bits per heavy atom. The molecular formula is C10H10AlN3OS. The van der Waals surface area contributed by atoms with E-state index in [4.69, 9.17) is 0 Å². The normalized spacial score (nSPS) is 10.3. The van der Waals surface area contributed by atoms with Gasteiger partial charge in [-0.15, -0.1) is 4.43 Å². The summed E-state index contributed by atoms with van der Waals surface area (Å²) in [5, 5.41) is 5.99. The molecule has 0 fully saturated rings. The van der Waals surface area contributed by atoms with Gasteiger partial charge in [0.1, 0.15) is 0 Å². The largest absolute Gasteiger partial charge is 0.338 e. The van der Waals surface area contributed by atoms with Gasteiger partial charge < -0.3 is 5.32 Å². The molecule has 4 nitrogen and oxygen atoms in total. The second kappa shape index (κ2) is 4.83. The molecule has 1 heterocycles. The number of nitrogens with one attached hydrogen (secondary N) is 2. The van der Waals surface area contributed by atoms with Crippen molar-refractivity contribution in [3.63, 3.8) is 0 Å². The highest BCUT2D eigenvalue weighted by molar-refractivity contribution is 7.22. The molecule has 1 aromatic carbocycles. The number of hydrogen-bond acceptors (Lipinski definition) is 3. The van der Waals surface area contributed by atoms with Crippen LogP contribution in [0.15, 0.2) is 18.2 Å². The number of aromatic nitrogens is 1. The first-order valence-corrected chi connectivity index (χ1v) is 6.29. The lowest BCUT2D eigenvalue weighted by atomic mass is 10.3. The lowest BCUT2D eigenvalue weighted by molar-refractivity contribution is 0.252. The van der Waals surface area contributed by atoms with Crippen LogP contribution in [0.25, 0.3) is 10.2 Å². The number of benzene rings is 1. The summed E-state index contributed by atoms with van der Waals surface area (Å²) >= 11 is 4.10. The maximum atomic E-state index is 11.3. The smallest absolute Gasteiger partial charge is 0.321 e. The molecule has 2 N–H and O–H groups in total. The first-order valence-electron chi connectivity index (χ1n) is 4.90. The highest BCUT2D eigenvalue weighted by Gasteiger charge is 2.06. The number of urea groups is 1. The molecule has 0 bridgehead atoms. The molecule has 0 saturated heterocycles. The van der Waals surface area contributed by atoms with E-state index in [9.17, 15) is 4.79 Å². The van der Waals surface area contributed by atoms with Crippen LogP contribution in [0.2, 0.25) is 0 Å². The van der Waals surface area contributed by atoms with Gasteiger partial charge in [-0.3, -0.25) is 5.32 Å². The van der Waals surface area contributed by atoms with Crippen LogP contribution in [-0.4, -0.2) is 33.9 Å². The summed E-state index contributed by atoms with van der Waals surface area (Å²) in [6.07, 6.45) is 0. The first-order chi connectivity index (χ1) is 7.69. The van der Waals surface area contributed by atoms with Gasteiger partial charge in [0.05, 0.1) is 10.2 Å². The van der Waals surface area contributed by atoms with Gasteiger partial charge in [0.2, 0.25) is 0 Å². The van der Waals surface area contributed by atoms with Crippen molar-refractivity contribution >= 4 is 53.4 Å². The molecule has 0 spiro atoms. The monoisotopic (exact) mass is 247 g/mol. The van der Waals surface area contributed by atoms with E-state index in [-0.39, 0.29) is 6.03 Å². The van der Waals surface area contributed by atoms with E-state index in [0.717, 1.165) is 14.6 Å². The summed E-state index contributed by atoms with van der Waals surface area (Å²) in [6, 6.07) is 5.76. The van der Waals surface area contributed by atoms with Crippen LogP contribution in [0.3, 0.4) is 0 Å². The predicted octanol–water partition coefficient (Wildman–Crippen LogP) is 1.23. The van der Waals surface area contributed by atoms with E-state index in [1.165, 1.54) is 11.3 Å². The molecule has 2 rings (SSSR count). The molecule has 0 aliphatic heterocycles. The lowest BCUT2D eigenvalue weighted by Gasteiger charge is -2.00. The third kappa shape index (κ3) is 2.53. The molecule has 0 aliphatic rings. The zero-order chi connectivity index (χ0) is 11.5. The Hall–Kier alpha value is -1.09. The molecule has 2 aromatic rings. The van der Waals surface area contributed by atoms with E-state index >= 15 is 0 Å². The fourth-order valence-corrected chi connectivity index (χ4v) is 2.40. The summed E-state index contributed by atoms with van der Waals surface area (Å²) < 4.78 is 2.15. The topological polar surface area (TPSA) is 54.0 Å². The predicted molar refractivity (Wildman–Crippen MR) is 67.7 cm³/mol. The van der Waals surface area contributed by atoms with Crippen molar-refractivity contribution in [1.29, 1.82) is 0 Å². The van der Waals surface area contributed by atoms with Crippen molar-refractivity contribution in [2.75, 3.05) is 11.9 Å². The molecule has 0 aliphatic carbocycles. The lowest BCUT2D eigenvalue weighted by Crippen LogP contribution is -2.28. The van der Waals surface area contributed by atoms with E-state index in [2.05, 4.69) is 31.9 Å². The fourth-order valence-electron chi connectivity index (χ4n) is 1.30. The Kier molecular flexibility index (Phi) is 3.44. The minimum absolute atomic E-state index is 0.215. The van der Waals surface area contributed by atoms with Gasteiger partial charge >= 0.3 is 6.03 Å². The van der Waals surface area contributed by atoms with E-state index < -0.39 is 0 Å².